The number of amides is 2. The molecule has 0 aromatic heterocycles. The first-order chi connectivity index (χ1) is 14.7. The summed E-state index contributed by atoms with van der Waals surface area (Å²) in [6.45, 7) is 6.14. The highest BCUT2D eigenvalue weighted by atomic mass is 32.2. The molecule has 5 rings (SSSR count). The largest absolute Gasteiger partial charge is 0.382 e. The Kier molecular flexibility index (Phi) is 6.25. The van der Waals surface area contributed by atoms with Crippen molar-refractivity contribution in [3.63, 3.8) is 0 Å². The lowest BCUT2D eigenvalue weighted by atomic mass is 9.53. The smallest absolute Gasteiger partial charge is 0.318 e. The van der Waals surface area contributed by atoms with Crippen LogP contribution in [0.15, 0.2) is 24.3 Å². The number of rotatable bonds is 8. The summed E-state index contributed by atoms with van der Waals surface area (Å²) in [5.74, 6) is 2.54. The van der Waals surface area contributed by atoms with E-state index in [9.17, 15) is 13.2 Å². The lowest BCUT2D eigenvalue weighted by molar-refractivity contribution is -0.0165. The number of carbonyl (C=O) groups excluding carboxylic acids is 1. The maximum Gasteiger partial charge on any atom is 0.318 e. The molecular formula is C24H36N2O4S. The summed E-state index contributed by atoms with van der Waals surface area (Å²) in [5, 5.41) is 3.48. The molecule has 4 fully saturated rings. The number of carbonyl (C=O) groups is 1. The van der Waals surface area contributed by atoms with Crippen molar-refractivity contribution in [2.75, 3.05) is 5.75 Å². The van der Waals surface area contributed by atoms with Gasteiger partial charge in [0.25, 0.3) is 0 Å². The highest BCUT2D eigenvalue weighted by Gasteiger charge is 2.51. The molecule has 6 nitrogen and oxygen atoms in total. The van der Waals surface area contributed by atoms with Gasteiger partial charge in [-0.25, -0.2) is 4.79 Å². The standard InChI is InChI=1S/C24H36N2O4S/c1-4-17(3)26(16-18-7-6-8-22(12-18)30-31(28,29)5-2)23(27)25-24-13-19-9-20(14-24)11-21(10-19)15-24/h6-8,12,17,19-21H,4-5,9-11,13-16H2,1-3H3,(H,25,27). The van der Waals surface area contributed by atoms with Crippen molar-refractivity contribution in [1.82, 2.24) is 10.2 Å². The van der Waals surface area contributed by atoms with E-state index in [2.05, 4.69) is 19.2 Å². The van der Waals surface area contributed by atoms with E-state index in [4.69, 9.17) is 4.18 Å². The Morgan fingerprint density at radius 1 is 1.16 bits per heavy atom. The van der Waals surface area contributed by atoms with Gasteiger partial charge in [0.2, 0.25) is 0 Å². The summed E-state index contributed by atoms with van der Waals surface area (Å²) in [6, 6.07) is 7.14. The van der Waals surface area contributed by atoms with Gasteiger partial charge in [-0.2, -0.15) is 8.42 Å². The van der Waals surface area contributed by atoms with Gasteiger partial charge in [-0.05, 0) is 94.2 Å². The summed E-state index contributed by atoms with van der Waals surface area (Å²) >= 11 is 0. The molecule has 31 heavy (non-hydrogen) atoms. The molecule has 0 aliphatic heterocycles. The van der Waals surface area contributed by atoms with E-state index in [-0.39, 0.29) is 23.4 Å². The molecule has 4 saturated carbocycles. The molecule has 2 amide bonds. The average Bonchev–Trinajstić information content (AvgIpc) is 2.70. The van der Waals surface area contributed by atoms with Crippen molar-refractivity contribution in [3.05, 3.63) is 29.8 Å². The van der Waals surface area contributed by atoms with E-state index in [0.29, 0.717) is 12.3 Å². The topological polar surface area (TPSA) is 75.7 Å². The van der Waals surface area contributed by atoms with E-state index in [0.717, 1.165) is 49.0 Å². The van der Waals surface area contributed by atoms with Gasteiger partial charge in [-0.1, -0.05) is 19.1 Å². The second-order valence-corrected chi connectivity index (χ2v) is 11.9. The molecule has 172 valence electrons. The van der Waals surface area contributed by atoms with E-state index in [1.807, 2.05) is 11.0 Å². The summed E-state index contributed by atoms with van der Waals surface area (Å²) in [6.07, 6.45) is 8.26. The molecule has 0 saturated heterocycles. The molecule has 4 bridgehead atoms. The summed E-state index contributed by atoms with van der Waals surface area (Å²) < 4.78 is 28.8. The fourth-order valence-electron chi connectivity index (χ4n) is 6.31. The van der Waals surface area contributed by atoms with Gasteiger partial charge < -0.3 is 14.4 Å². The fraction of sp³-hybridized carbons (Fsp3) is 0.708. The average molecular weight is 449 g/mol. The minimum atomic E-state index is -3.58. The van der Waals surface area contributed by atoms with Crippen LogP contribution in [0, 0.1) is 17.8 Å². The highest BCUT2D eigenvalue weighted by Crippen LogP contribution is 2.55. The quantitative estimate of drug-likeness (QED) is 0.585. The molecule has 1 atom stereocenters. The summed E-state index contributed by atoms with van der Waals surface area (Å²) in [7, 11) is -3.58. The van der Waals surface area contributed by atoms with E-state index < -0.39 is 10.1 Å². The van der Waals surface area contributed by atoms with E-state index in [1.165, 1.54) is 19.3 Å². The van der Waals surface area contributed by atoms with Crippen molar-refractivity contribution >= 4 is 16.1 Å². The first-order valence-electron chi connectivity index (χ1n) is 11.8. The van der Waals surface area contributed by atoms with Crippen molar-refractivity contribution in [2.45, 2.75) is 83.8 Å². The predicted molar refractivity (Wildman–Crippen MR) is 121 cm³/mol. The monoisotopic (exact) mass is 448 g/mol. The van der Waals surface area contributed by atoms with E-state index >= 15 is 0 Å². The molecule has 0 spiro atoms. The third-order valence-corrected chi connectivity index (χ3v) is 8.78. The van der Waals surface area contributed by atoms with Crippen LogP contribution in [0.4, 0.5) is 4.79 Å². The van der Waals surface area contributed by atoms with Gasteiger partial charge in [-0.3, -0.25) is 0 Å². The Hall–Kier alpha value is -1.76. The first kappa shape index (κ1) is 22.4. The number of hydrogen-bond donors (Lipinski definition) is 1. The Bertz CT molecular complexity index is 879. The van der Waals surface area contributed by atoms with Gasteiger partial charge in [0.1, 0.15) is 5.75 Å². The Balaban J connectivity index is 1.48. The fourth-order valence-corrected chi connectivity index (χ4v) is 6.82. The molecule has 0 heterocycles. The summed E-state index contributed by atoms with van der Waals surface area (Å²) in [4.78, 5) is 15.4. The van der Waals surface area contributed by atoms with Crippen LogP contribution in [-0.2, 0) is 16.7 Å². The van der Waals surface area contributed by atoms with Crippen molar-refractivity contribution in [3.8, 4) is 5.75 Å². The Morgan fingerprint density at radius 3 is 2.32 bits per heavy atom. The van der Waals surface area contributed by atoms with E-state index in [1.54, 1.807) is 25.1 Å². The third kappa shape index (κ3) is 5.02. The number of benzene rings is 1. The number of nitrogens with zero attached hydrogens (tertiary/aromatic N) is 1. The molecular weight excluding hydrogens is 412 g/mol. The normalized spacial score (nSPS) is 30.1. The van der Waals surface area contributed by atoms with Gasteiger partial charge >= 0.3 is 16.1 Å². The number of urea groups is 1. The van der Waals surface area contributed by atoms with Crippen LogP contribution in [0.1, 0.15) is 71.3 Å². The second kappa shape index (κ2) is 8.64. The molecule has 1 unspecified atom stereocenters. The lowest BCUT2D eigenvalue weighted by Crippen LogP contribution is -2.62. The SMILES string of the molecule is CCC(C)N(Cc1cccc(OS(=O)(=O)CC)c1)C(=O)NC12CC3CC(CC(C3)C1)C2. The van der Waals surface area contributed by atoms with Crippen LogP contribution in [0.3, 0.4) is 0 Å². The second-order valence-electron chi connectivity index (χ2n) is 10.1. The van der Waals surface area contributed by atoms with Gasteiger partial charge in [-0.15, -0.1) is 0 Å². The van der Waals surface area contributed by atoms with Crippen molar-refractivity contribution < 1.29 is 17.4 Å². The molecule has 4 aliphatic carbocycles. The van der Waals surface area contributed by atoms with Crippen molar-refractivity contribution in [2.24, 2.45) is 17.8 Å². The number of nitrogens with one attached hydrogen (secondary N) is 1. The molecule has 4 aliphatic rings. The highest BCUT2D eigenvalue weighted by molar-refractivity contribution is 7.87. The molecule has 1 N–H and O–H groups in total. The van der Waals surface area contributed by atoms with Crippen molar-refractivity contribution in [1.29, 1.82) is 0 Å². The molecule has 1 aromatic rings. The minimum absolute atomic E-state index is 0.00352. The number of hydrogen-bond acceptors (Lipinski definition) is 4. The first-order valence-corrected chi connectivity index (χ1v) is 13.4. The zero-order chi connectivity index (χ0) is 22.2. The predicted octanol–water partition coefficient (Wildman–Crippen LogP) is 4.69. The van der Waals surface area contributed by atoms with Crippen LogP contribution in [0.25, 0.3) is 0 Å². The Morgan fingerprint density at radius 2 is 1.77 bits per heavy atom. The molecule has 7 heteroatoms. The maximum atomic E-state index is 13.5. The van der Waals surface area contributed by atoms with Crippen LogP contribution >= 0.6 is 0 Å². The summed E-state index contributed by atoms with van der Waals surface area (Å²) in [5.41, 5.74) is 0.835. The molecule has 1 aromatic carbocycles. The van der Waals surface area contributed by atoms with Gasteiger partial charge in [0, 0.05) is 18.1 Å². The minimum Gasteiger partial charge on any atom is -0.382 e. The lowest BCUT2D eigenvalue weighted by Gasteiger charge is -2.57. The Labute approximate surface area is 186 Å². The third-order valence-electron chi connectivity index (χ3n) is 7.62. The van der Waals surface area contributed by atoms with Gasteiger partial charge in [0.15, 0.2) is 0 Å². The van der Waals surface area contributed by atoms with Gasteiger partial charge in [0.05, 0.1) is 5.75 Å². The van der Waals surface area contributed by atoms with Crippen LogP contribution in [-0.4, -0.2) is 36.7 Å². The molecule has 0 radical (unpaired) electrons. The zero-order valence-electron chi connectivity index (χ0n) is 19.0. The zero-order valence-corrected chi connectivity index (χ0v) is 19.8. The van der Waals surface area contributed by atoms with Crippen LogP contribution in [0.5, 0.6) is 5.75 Å². The van der Waals surface area contributed by atoms with Crippen LogP contribution < -0.4 is 9.50 Å². The van der Waals surface area contributed by atoms with Crippen LogP contribution in [0.2, 0.25) is 0 Å². The maximum absolute atomic E-state index is 13.5.